The molecule has 0 unspecified atom stereocenters. The highest BCUT2D eigenvalue weighted by Crippen LogP contribution is 2.28. The van der Waals surface area contributed by atoms with E-state index in [9.17, 15) is 4.79 Å². The van der Waals surface area contributed by atoms with E-state index in [-0.39, 0.29) is 0 Å². The lowest BCUT2D eigenvalue weighted by Gasteiger charge is -2.13. The molecule has 1 atom stereocenters. The number of carboxylic acid groups (broad SMARTS) is 1. The number of aliphatic imine (C=N–C) groups is 1. The lowest BCUT2D eigenvalue weighted by atomic mass is 10.2. The van der Waals surface area contributed by atoms with Gasteiger partial charge in [-0.05, 0) is 42.8 Å². The van der Waals surface area contributed by atoms with E-state index in [4.69, 9.17) is 14.6 Å². The number of pyridine rings is 1. The van der Waals surface area contributed by atoms with Crippen molar-refractivity contribution in [2.24, 2.45) is 4.99 Å². The third-order valence-corrected chi connectivity index (χ3v) is 2.85. The van der Waals surface area contributed by atoms with Gasteiger partial charge >= 0.3 is 5.97 Å². The highest BCUT2D eigenvalue weighted by Gasteiger charge is 2.15. The second kappa shape index (κ2) is 7.21. The first kappa shape index (κ1) is 15.5. The van der Waals surface area contributed by atoms with Gasteiger partial charge in [0.2, 0.25) is 0 Å². The topological polar surface area (TPSA) is 81.0 Å². The van der Waals surface area contributed by atoms with Crippen LogP contribution < -0.4 is 9.47 Å². The molecule has 0 spiro atoms. The van der Waals surface area contributed by atoms with Crippen molar-refractivity contribution in [2.45, 2.75) is 13.0 Å². The van der Waals surface area contributed by atoms with Crippen LogP contribution in [0.5, 0.6) is 11.5 Å². The summed E-state index contributed by atoms with van der Waals surface area (Å²) in [6.45, 7) is 1.46. The van der Waals surface area contributed by atoms with Gasteiger partial charge in [0.15, 0.2) is 17.6 Å². The molecule has 0 aliphatic carbocycles. The molecular weight excluding hydrogens is 284 g/mol. The van der Waals surface area contributed by atoms with Gasteiger partial charge in [0.05, 0.1) is 19.0 Å². The minimum absolute atomic E-state index is 0.371. The third-order valence-electron chi connectivity index (χ3n) is 2.85. The summed E-state index contributed by atoms with van der Waals surface area (Å²) in [5, 5.41) is 8.88. The summed E-state index contributed by atoms with van der Waals surface area (Å²) >= 11 is 0. The van der Waals surface area contributed by atoms with Crippen LogP contribution in [-0.4, -0.2) is 35.5 Å². The summed E-state index contributed by atoms with van der Waals surface area (Å²) in [5.41, 5.74) is 1.54. The van der Waals surface area contributed by atoms with Crippen molar-refractivity contribution in [2.75, 3.05) is 7.11 Å². The van der Waals surface area contributed by atoms with Gasteiger partial charge in [0.1, 0.15) is 0 Å². The van der Waals surface area contributed by atoms with E-state index in [2.05, 4.69) is 9.98 Å². The Morgan fingerprint density at radius 3 is 2.82 bits per heavy atom. The molecule has 0 saturated heterocycles. The Kier molecular flexibility index (Phi) is 5.08. The standard InChI is InChI=1S/C16H16N2O4/c1-11(16(19)20)22-14-6-5-12(8-15(14)21-2)9-18-13-4-3-7-17-10-13/h3-11H,1-2H3,(H,19,20)/t11-/m0/s1. The molecule has 2 aromatic rings. The second-order valence-electron chi connectivity index (χ2n) is 4.48. The molecule has 22 heavy (non-hydrogen) atoms. The molecule has 114 valence electrons. The number of hydrogen-bond donors (Lipinski definition) is 1. The van der Waals surface area contributed by atoms with Gasteiger partial charge in [0, 0.05) is 12.4 Å². The number of carboxylic acids is 1. The van der Waals surface area contributed by atoms with E-state index in [0.29, 0.717) is 11.5 Å². The zero-order valence-electron chi connectivity index (χ0n) is 12.3. The lowest BCUT2D eigenvalue weighted by Crippen LogP contribution is -2.23. The van der Waals surface area contributed by atoms with Crippen molar-refractivity contribution in [3.8, 4) is 11.5 Å². The van der Waals surface area contributed by atoms with Crippen LogP contribution >= 0.6 is 0 Å². The molecule has 0 aliphatic rings. The van der Waals surface area contributed by atoms with E-state index < -0.39 is 12.1 Å². The Morgan fingerprint density at radius 2 is 2.18 bits per heavy atom. The molecule has 0 fully saturated rings. The molecule has 0 amide bonds. The van der Waals surface area contributed by atoms with Gasteiger partial charge in [-0.15, -0.1) is 0 Å². The highest BCUT2D eigenvalue weighted by atomic mass is 16.5. The highest BCUT2D eigenvalue weighted by molar-refractivity contribution is 5.83. The summed E-state index contributed by atoms with van der Waals surface area (Å²) < 4.78 is 10.6. The third kappa shape index (κ3) is 4.05. The fourth-order valence-corrected chi connectivity index (χ4v) is 1.68. The SMILES string of the molecule is COc1cc(C=Nc2cccnc2)ccc1O[C@@H](C)C(=O)O. The zero-order valence-corrected chi connectivity index (χ0v) is 12.3. The summed E-state index contributed by atoms with van der Waals surface area (Å²) in [6, 6.07) is 8.79. The maximum atomic E-state index is 10.8. The number of aromatic nitrogens is 1. The number of methoxy groups -OCH3 is 1. The van der Waals surface area contributed by atoms with E-state index in [1.807, 2.05) is 6.07 Å². The van der Waals surface area contributed by atoms with Crippen LogP contribution in [0.2, 0.25) is 0 Å². The van der Waals surface area contributed by atoms with Crippen LogP contribution in [0.1, 0.15) is 12.5 Å². The Balaban J connectivity index is 2.18. The van der Waals surface area contributed by atoms with Crippen molar-refractivity contribution in [3.63, 3.8) is 0 Å². The first-order chi connectivity index (χ1) is 10.6. The van der Waals surface area contributed by atoms with Crippen LogP contribution in [0.4, 0.5) is 5.69 Å². The first-order valence-electron chi connectivity index (χ1n) is 6.61. The predicted molar refractivity (Wildman–Crippen MR) is 82.2 cm³/mol. The van der Waals surface area contributed by atoms with E-state index in [1.54, 1.807) is 42.9 Å². The molecule has 1 aromatic heterocycles. The van der Waals surface area contributed by atoms with E-state index in [0.717, 1.165) is 11.3 Å². The molecule has 2 rings (SSSR count). The molecule has 0 saturated carbocycles. The van der Waals surface area contributed by atoms with E-state index >= 15 is 0 Å². The minimum Gasteiger partial charge on any atom is -0.493 e. The average molecular weight is 300 g/mol. The first-order valence-corrected chi connectivity index (χ1v) is 6.61. The maximum Gasteiger partial charge on any atom is 0.344 e. The fraction of sp³-hybridized carbons (Fsp3) is 0.188. The van der Waals surface area contributed by atoms with Crippen molar-refractivity contribution >= 4 is 17.9 Å². The lowest BCUT2D eigenvalue weighted by molar-refractivity contribution is -0.144. The molecular formula is C16H16N2O4. The Bertz CT molecular complexity index is 671. The molecule has 6 heteroatoms. The molecule has 1 heterocycles. The normalized spacial score (nSPS) is 12.1. The molecule has 0 aliphatic heterocycles. The van der Waals surface area contributed by atoms with Gasteiger partial charge < -0.3 is 14.6 Å². The van der Waals surface area contributed by atoms with Crippen LogP contribution in [0, 0.1) is 0 Å². The van der Waals surface area contributed by atoms with Crippen LogP contribution in [0.3, 0.4) is 0 Å². The van der Waals surface area contributed by atoms with Crippen molar-refractivity contribution in [1.29, 1.82) is 0 Å². The smallest absolute Gasteiger partial charge is 0.344 e. The van der Waals surface area contributed by atoms with Crippen molar-refractivity contribution in [1.82, 2.24) is 4.98 Å². The molecule has 0 bridgehead atoms. The minimum atomic E-state index is -1.04. The monoisotopic (exact) mass is 300 g/mol. The van der Waals surface area contributed by atoms with Gasteiger partial charge in [-0.3, -0.25) is 9.98 Å². The van der Waals surface area contributed by atoms with Crippen LogP contribution in [0.15, 0.2) is 47.7 Å². The number of rotatable bonds is 6. The maximum absolute atomic E-state index is 10.8. The number of nitrogens with zero attached hydrogens (tertiary/aromatic N) is 2. The number of ether oxygens (including phenoxy) is 2. The van der Waals surface area contributed by atoms with E-state index in [1.165, 1.54) is 14.0 Å². The molecule has 0 radical (unpaired) electrons. The average Bonchev–Trinajstić information content (AvgIpc) is 2.54. The van der Waals surface area contributed by atoms with Crippen LogP contribution in [0.25, 0.3) is 0 Å². The van der Waals surface area contributed by atoms with Gasteiger partial charge in [0.25, 0.3) is 0 Å². The Hall–Kier alpha value is -2.89. The number of carbonyl (C=O) groups is 1. The van der Waals surface area contributed by atoms with Gasteiger partial charge in [-0.1, -0.05) is 0 Å². The molecule has 6 nitrogen and oxygen atoms in total. The van der Waals surface area contributed by atoms with Crippen LogP contribution in [-0.2, 0) is 4.79 Å². The molecule has 1 N–H and O–H groups in total. The summed E-state index contributed by atoms with van der Waals surface area (Å²) in [7, 11) is 1.50. The summed E-state index contributed by atoms with van der Waals surface area (Å²) in [6.07, 6.45) is 4.05. The Morgan fingerprint density at radius 1 is 1.36 bits per heavy atom. The fourth-order valence-electron chi connectivity index (χ4n) is 1.68. The second-order valence-corrected chi connectivity index (χ2v) is 4.48. The van der Waals surface area contributed by atoms with Gasteiger partial charge in [-0.2, -0.15) is 0 Å². The summed E-state index contributed by atoms with van der Waals surface area (Å²) in [4.78, 5) is 19.1. The summed E-state index contributed by atoms with van der Waals surface area (Å²) in [5.74, 6) is -0.219. The number of benzene rings is 1. The molecule has 1 aromatic carbocycles. The Labute approximate surface area is 128 Å². The number of hydrogen-bond acceptors (Lipinski definition) is 5. The van der Waals surface area contributed by atoms with Gasteiger partial charge in [-0.25, -0.2) is 4.79 Å². The number of aliphatic carboxylic acids is 1. The predicted octanol–water partition coefficient (Wildman–Crippen LogP) is 2.69. The largest absolute Gasteiger partial charge is 0.493 e. The van der Waals surface area contributed by atoms with Crippen molar-refractivity contribution < 1.29 is 19.4 Å². The van der Waals surface area contributed by atoms with Crippen molar-refractivity contribution in [3.05, 3.63) is 48.3 Å². The zero-order chi connectivity index (χ0) is 15.9. The quantitative estimate of drug-likeness (QED) is 0.829.